The number of aromatic nitrogens is 1. The topological polar surface area (TPSA) is 68.7 Å². The Labute approximate surface area is 149 Å². The van der Waals surface area contributed by atoms with Gasteiger partial charge in [-0.1, -0.05) is 0 Å². The van der Waals surface area contributed by atoms with E-state index in [2.05, 4.69) is 4.98 Å². The van der Waals surface area contributed by atoms with Gasteiger partial charge in [0.2, 0.25) is 10.0 Å². The van der Waals surface area contributed by atoms with Crippen LogP contribution in [-0.2, 0) is 21.3 Å². The number of rotatable bonds is 8. The molecule has 0 aliphatic rings. The lowest BCUT2D eigenvalue weighted by Gasteiger charge is -2.23. The first-order chi connectivity index (χ1) is 11.9. The van der Waals surface area contributed by atoms with Crippen molar-refractivity contribution < 1.29 is 17.9 Å². The number of benzene rings is 1. The smallest absolute Gasteiger partial charge is 0.247 e. The van der Waals surface area contributed by atoms with E-state index in [9.17, 15) is 8.42 Å². The average molecular weight is 364 g/mol. The highest BCUT2D eigenvalue weighted by Gasteiger charge is 2.28. The van der Waals surface area contributed by atoms with Crippen molar-refractivity contribution in [2.24, 2.45) is 0 Å². The van der Waals surface area contributed by atoms with E-state index in [1.54, 1.807) is 43.8 Å². The minimum atomic E-state index is -3.75. The highest BCUT2D eigenvalue weighted by Crippen LogP contribution is 2.30. The minimum Gasteiger partial charge on any atom is -0.495 e. The molecule has 2 rings (SSSR count). The number of sulfonamides is 1. The minimum absolute atomic E-state index is 0.170. The van der Waals surface area contributed by atoms with E-state index in [1.807, 2.05) is 13.8 Å². The number of aryl methyl sites for hydroxylation is 2. The molecule has 0 saturated heterocycles. The van der Waals surface area contributed by atoms with Gasteiger partial charge in [-0.25, -0.2) is 8.42 Å². The van der Waals surface area contributed by atoms with Crippen LogP contribution in [0.25, 0.3) is 0 Å². The van der Waals surface area contributed by atoms with E-state index in [0.717, 1.165) is 16.7 Å². The van der Waals surface area contributed by atoms with Crippen molar-refractivity contribution in [1.82, 2.24) is 9.29 Å². The Morgan fingerprint density at radius 3 is 2.32 bits per heavy atom. The van der Waals surface area contributed by atoms with Crippen molar-refractivity contribution in [3.8, 4) is 5.75 Å². The van der Waals surface area contributed by atoms with Gasteiger partial charge in [0.25, 0.3) is 0 Å². The molecule has 0 N–H and O–H groups in total. The van der Waals surface area contributed by atoms with Gasteiger partial charge >= 0.3 is 0 Å². The Morgan fingerprint density at radius 1 is 1.08 bits per heavy atom. The van der Waals surface area contributed by atoms with E-state index in [1.165, 1.54) is 11.4 Å². The Hall–Kier alpha value is -1.96. The molecule has 2 aromatic rings. The molecule has 25 heavy (non-hydrogen) atoms. The summed E-state index contributed by atoms with van der Waals surface area (Å²) in [5.74, 6) is 0.347. The lowest BCUT2D eigenvalue weighted by atomic mass is 10.1. The van der Waals surface area contributed by atoms with Crippen LogP contribution in [0.15, 0.2) is 41.6 Å². The molecular formula is C18H24N2O4S. The number of hydrogen-bond acceptors (Lipinski definition) is 5. The highest BCUT2D eigenvalue weighted by molar-refractivity contribution is 7.89. The van der Waals surface area contributed by atoms with E-state index < -0.39 is 10.0 Å². The van der Waals surface area contributed by atoms with Crippen LogP contribution < -0.4 is 4.74 Å². The third kappa shape index (κ3) is 4.56. The summed E-state index contributed by atoms with van der Waals surface area (Å²) >= 11 is 0. The van der Waals surface area contributed by atoms with Crippen molar-refractivity contribution >= 4 is 10.0 Å². The van der Waals surface area contributed by atoms with Gasteiger partial charge < -0.3 is 9.47 Å². The lowest BCUT2D eigenvalue weighted by Crippen LogP contribution is -2.33. The SMILES string of the molecule is COCCN(Cc1ccncc1)S(=O)(=O)c1cc(C)c(C)cc1OC. The molecule has 6 nitrogen and oxygen atoms in total. The van der Waals surface area contributed by atoms with Crippen LogP contribution in [-0.4, -0.2) is 45.1 Å². The van der Waals surface area contributed by atoms with E-state index in [0.29, 0.717) is 12.4 Å². The highest BCUT2D eigenvalue weighted by atomic mass is 32.2. The van der Waals surface area contributed by atoms with E-state index in [4.69, 9.17) is 9.47 Å². The quantitative estimate of drug-likeness (QED) is 0.720. The van der Waals surface area contributed by atoms with Crippen molar-refractivity contribution in [3.05, 3.63) is 53.3 Å². The first-order valence-electron chi connectivity index (χ1n) is 7.93. The maximum absolute atomic E-state index is 13.3. The summed E-state index contributed by atoms with van der Waals surface area (Å²) in [6, 6.07) is 7.01. The zero-order valence-corrected chi connectivity index (χ0v) is 15.8. The van der Waals surface area contributed by atoms with Gasteiger partial charge in [-0.3, -0.25) is 4.98 Å². The summed E-state index contributed by atoms with van der Waals surface area (Å²) in [5.41, 5.74) is 2.74. The first-order valence-corrected chi connectivity index (χ1v) is 9.37. The molecule has 0 radical (unpaired) electrons. The molecule has 0 aliphatic heterocycles. The maximum atomic E-state index is 13.3. The molecule has 0 spiro atoms. The van der Waals surface area contributed by atoms with Gasteiger partial charge in [0, 0.05) is 32.6 Å². The molecule has 136 valence electrons. The van der Waals surface area contributed by atoms with Crippen molar-refractivity contribution in [3.63, 3.8) is 0 Å². The monoisotopic (exact) mass is 364 g/mol. The van der Waals surface area contributed by atoms with Gasteiger partial charge in [-0.15, -0.1) is 0 Å². The number of pyridine rings is 1. The summed E-state index contributed by atoms with van der Waals surface area (Å²) in [5, 5.41) is 0. The molecule has 0 unspecified atom stereocenters. The van der Waals surface area contributed by atoms with Crippen molar-refractivity contribution in [2.45, 2.75) is 25.3 Å². The van der Waals surface area contributed by atoms with Gasteiger partial charge in [-0.2, -0.15) is 4.31 Å². The molecule has 1 aromatic heterocycles. The number of methoxy groups -OCH3 is 2. The van der Waals surface area contributed by atoms with Crippen LogP contribution >= 0.6 is 0 Å². The molecule has 0 aliphatic carbocycles. The maximum Gasteiger partial charge on any atom is 0.247 e. The Balaban J connectivity index is 2.46. The largest absolute Gasteiger partial charge is 0.495 e. The van der Waals surface area contributed by atoms with Gasteiger partial charge in [0.1, 0.15) is 10.6 Å². The van der Waals surface area contributed by atoms with Crippen LogP contribution in [0.2, 0.25) is 0 Å². The van der Waals surface area contributed by atoms with Gasteiger partial charge in [0.05, 0.1) is 13.7 Å². The van der Waals surface area contributed by atoms with E-state index in [-0.39, 0.29) is 18.0 Å². The van der Waals surface area contributed by atoms with Crippen LogP contribution in [0, 0.1) is 13.8 Å². The molecule has 1 aromatic carbocycles. The fraction of sp³-hybridized carbons (Fsp3) is 0.389. The van der Waals surface area contributed by atoms with Crippen LogP contribution in [0.4, 0.5) is 0 Å². The zero-order valence-electron chi connectivity index (χ0n) is 15.0. The van der Waals surface area contributed by atoms with E-state index >= 15 is 0 Å². The summed E-state index contributed by atoms with van der Waals surface area (Å²) in [7, 11) is -0.718. The fourth-order valence-electron chi connectivity index (χ4n) is 2.43. The second-order valence-electron chi connectivity index (χ2n) is 5.77. The summed E-state index contributed by atoms with van der Waals surface area (Å²) in [6.07, 6.45) is 3.29. The third-order valence-corrected chi connectivity index (χ3v) is 5.92. The molecule has 0 saturated carbocycles. The second-order valence-corrected chi connectivity index (χ2v) is 7.68. The molecule has 1 heterocycles. The fourth-order valence-corrected chi connectivity index (χ4v) is 4.07. The summed E-state index contributed by atoms with van der Waals surface area (Å²) in [6.45, 7) is 4.60. The predicted octanol–water partition coefficient (Wildman–Crippen LogP) is 2.54. The van der Waals surface area contributed by atoms with Crippen LogP contribution in [0.5, 0.6) is 5.75 Å². The second kappa shape index (κ2) is 8.42. The zero-order chi connectivity index (χ0) is 18.4. The Kier molecular flexibility index (Phi) is 6.52. The molecule has 0 fully saturated rings. The number of nitrogens with zero attached hydrogens (tertiary/aromatic N) is 2. The molecular weight excluding hydrogens is 340 g/mol. The lowest BCUT2D eigenvalue weighted by molar-refractivity contribution is 0.177. The third-order valence-electron chi connectivity index (χ3n) is 4.05. The normalized spacial score (nSPS) is 11.7. The molecule has 7 heteroatoms. The van der Waals surface area contributed by atoms with Gasteiger partial charge in [-0.05, 0) is 54.8 Å². The molecule has 0 atom stereocenters. The summed E-state index contributed by atoms with van der Waals surface area (Å²) < 4.78 is 38.3. The molecule has 0 bridgehead atoms. The van der Waals surface area contributed by atoms with Crippen molar-refractivity contribution in [2.75, 3.05) is 27.4 Å². The summed E-state index contributed by atoms with van der Waals surface area (Å²) in [4.78, 5) is 4.14. The standard InChI is InChI=1S/C18H24N2O4S/c1-14-11-17(24-4)18(12-15(14)2)25(21,22)20(9-10-23-3)13-16-5-7-19-8-6-16/h5-8,11-12H,9-10,13H2,1-4H3. The van der Waals surface area contributed by atoms with Crippen molar-refractivity contribution in [1.29, 1.82) is 0 Å². The Bertz CT molecular complexity index is 807. The number of ether oxygens (including phenoxy) is 2. The Morgan fingerprint density at radius 2 is 1.72 bits per heavy atom. The van der Waals surface area contributed by atoms with Crippen LogP contribution in [0.3, 0.4) is 0 Å². The molecule has 0 amide bonds. The average Bonchev–Trinajstić information content (AvgIpc) is 2.61. The van der Waals surface area contributed by atoms with Crippen LogP contribution in [0.1, 0.15) is 16.7 Å². The predicted molar refractivity (Wildman–Crippen MR) is 96.2 cm³/mol. The number of hydrogen-bond donors (Lipinski definition) is 0. The first kappa shape index (κ1) is 19.4. The van der Waals surface area contributed by atoms with Gasteiger partial charge in [0.15, 0.2) is 0 Å².